The summed E-state index contributed by atoms with van der Waals surface area (Å²) in [6.07, 6.45) is 5.59. The Morgan fingerprint density at radius 1 is 0.786 bits per heavy atom. The summed E-state index contributed by atoms with van der Waals surface area (Å²) in [4.78, 5) is 9.50. The Hall–Kier alpha value is -2.92. The van der Waals surface area contributed by atoms with Crippen LogP contribution in [-0.2, 0) is 19.3 Å². The summed E-state index contributed by atoms with van der Waals surface area (Å²) in [7, 11) is 3.36. The zero-order chi connectivity index (χ0) is 19.1. The van der Waals surface area contributed by atoms with E-state index in [4.69, 9.17) is 14.5 Å². The van der Waals surface area contributed by atoms with Crippen molar-refractivity contribution in [2.45, 2.75) is 32.6 Å². The van der Waals surface area contributed by atoms with Crippen LogP contribution in [0.5, 0.6) is 11.5 Å². The first-order valence-corrected chi connectivity index (χ1v) is 9.31. The van der Waals surface area contributed by atoms with Crippen molar-refractivity contribution in [2.24, 2.45) is 0 Å². The van der Waals surface area contributed by atoms with Gasteiger partial charge in [0.2, 0.25) is 0 Å². The average Bonchev–Trinajstić information content (AvgIpc) is 2.71. The summed E-state index contributed by atoms with van der Waals surface area (Å²) in [5, 5.41) is 0. The van der Waals surface area contributed by atoms with E-state index in [9.17, 15) is 0 Å². The summed E-state index contributed by atoms with van der Waals surface area (Å²) in [6, 6.07) is 16.2. The molecule has 0 unspecified atom stereocenters. The second kappa shape index (κ2) is 10.4. The topological polar surface area (TPSA) is 79.2 Å². The van der Waals surface area contributed by atoms with Crippen molar-refractivity contribution in [1.29, 1.82) is 0 Å². The molecule has 0 aliphatic heterocycles. The van der Waals surface area contributed by atoms with Gasteiger partial charge in [-0.3, -0.25) is 0 Å². The number of benzene rings is 2. The molecule has 0 saturated carbocycles. The van der Waals surface area contributed by atoms with E-state index in [-0.39, 0.29) is 6.15 Å². The average molecular weight is 380 g/mol. The molecule has 3 rings (SSSR count). The van der Waals surface area contributed by atoms with Crippen LogP contribution in [-0.4, -0.2) is 24.2 Å². The Balaban J connectivity index is 0.00000280. The van der Waals surface area contributed by atoms with Gasteiger partial charge in [0.1, 0.15) is 17.3 Å². The molecule has 0 saturated heterocycles. The number of ether oxygens (including phenoxy) is 2. The number of nitrogens with zero attached hydrogens (tertiary/aromatic N) is 2. The first-order chi connectivity index (χ1) is 13.2. The van der Waals surface area contributed by atoms with Gasteiger partial charge in [-0.05, 0) is 47.4 Å². The van der Waals surface area contributed by atoms with Crippen LogP contribution in [0.4, 0.5) is 0 Å². The minimum Gasteiger partial charge on any atom is -0.497 e. The smallest absolute Gasteiger partial charge is 0.132 e. The predicted molar refractivity (Wildman–Crippen MR) is 113 cm³/mol. The van der Waals surface area contributed by atoms with Crippen LogP contribution in [0.15, 0.2) is 54.7 Å². The van der Waals surface area contributed by atoms with E-state index < -0.39 is 0 Å². The zero-order valence-corrected chi connectivity index (χ0v) is 16.9. The van der Waals surface area contributed by atoms with Crippen LogP contribution in [0.25, 0.3) is 0 Å². The van der Waals surface area contributed by atoms with Crippen LogP contribution in [0.2, 0.25) is 0 Å². The lowest BCUT2D eigenvalue weighted by molar-refractivity contribution is 0.414. The molecule has 28 heavy (non-hydrogen) atoms. The summed E-state index contributed by atoms with van der Waals surface area (Å²) in [6.45, 7) is 2.18. The van der Waals surface area contributed by atoms with Crippen LogP contribution in [0, 0.1) is 0 Å². The van der Waals surface area contributed by atoms with Gasteiger partial charge in [-0.1, -0.05) is 37.6 Å². The first kappa shape index (κ1) is 21.4. The van der Waals surface area contributed by atoms with Crippen molar-refractivity contribution in [3.8, 4) is 11.5 Å². The third-order valence-corrected chi connectivity index (χ3v) is 4.58. The van der Waals surface area contributed by atoms with Gasteiger partial charge in [-0.25, -0.2) is 9.97 Å². The van der Waals surface area contributed by atoms with Crippen molar-refractivity contribution in [3.63, 3.8) is 0 Å². The molecule has 0 aliphatic carbocycles. The maximum atomic E-state index is 5.25. The van der Waals surface area contributed by atoms with Gasteiger partial charge in [0.25, 0.3) is 0 Å². The molecule has 5 nitrogen and oxygen atoms in total. The van der Waals surface area contributed by atoms with Crippen LogP contribution in [0.1, 0.15) is 41.6 Å². The number of aryl methyl sites for hydroxylation is 1. The first-order valence-electron chi connectivity index (χ1n) is 9.31. The molecule has 3 aromatic rings. The second-order valence-corrected chi connectivity index (χ2v) is 6.56. The lowest BCUT2D eigenvalue weighted by Crippen LogP contribution is -2.06. The molecule has 1 aromatic heterocycles. The van der Waals surface area contributed by atoms with Crippen molar-refractivity contribution < 1.29 is 9.47 Å². The maximum Gasteiger partial charge on any atom is 0.132 e. The van der Waals surface area contributed by atoms with Gasteiger partial charge in [0, 0.05) is 19.0 Å². The number of rotatable bonds is 8. The Bertz CT molecular complexity index is 862. The molecule has 0 spiro atoms. The molecule has 0 fully saturated rings. The molecule has 0 atom stereocenters. The van der Waals surface area contributed by atoms with Crippen molar-refractivity contribution in [1.82, 2.24) is 16.1 Å². The summed E-state index contributed by atoms with van der Waals surface area (Å²) in [5.74, 6) is 2.58. The second-order valence-electron chi connectivity index (χ2n) is 6.56. The number of hydrogen-bond donors (Lipinski definition) is 1. The summed E-state index contributed by atoms with van der Waals surface area (Å²) in [5.41, 5.74) is 4.74. The lowest BCUT2D eigenvalue weighted by atomic mass is 10.0. The van der Waals surface area contributed by atoms with Gasteiger partial charge in [0.15, 0.2) is 0 Å². The van der Waals surface area contributed by atoms with Gasteiger partial charge < -0.3 is 15.6 Å². The molecule has 0 aliphatic rings. The van der Waals surface area contributed by atoms with Crippen LogP contribution >= 0.6 is 0 Å². The number of methoxy groups -OCH3 is 2. The van der Waals surface area contributed by atoms with E-state index in [1.165, 1.54) is 16.7 Å². The third-order valence-electron chi connectivity index (χ3n) is 4.58. The maximum absolute atomic E-state index is 5.25. The standard InChI is InChI=1S/C23H26N2O2.H3N/c1-4-5-19-16-24-23(15-18-8-12-21(27-3)13-9-18)25-22(19)14-17-6-10-20(26-2)11-7-17;/h6-13,16H,4-5,14-15H2,1-3H3;1H3. The van der Waals surface area contributed by atoms with Crippen molar-refractivity contribution in [3.05, 3.63) is 82.9 Å². The molecular weight excluding hydrogens is 350 g/mol. The lowest BCUT2D eigenvalue weighted by Gasteiger charge is -2.11. The predicted octanol–water partition coefficient (Wildman–Crippen LogP) is 4.79. The minimum atomic E-state index is 0. The fourth-order valence-electron chi connectivity index (χ4n) is 3.06. The summed E-state index contributed by atoms with van der Waals surface area (Å²) >= 11 is 0. The van der Waals surface area contributed by atoms with E-state index >= 15 is 0 Å². The molecule has 2 aromatic carbocycles. The minimum absolute atomic E-state index is 0. The van der Waals surface area contributed by atoms with E-state index in [1.54, 1.807) is 14.2 Å². The molecule has 0 bridgehead atoms. The Labute approximate surface area is 167 Å². The number of aromatic nitrogens is 2. The highest BCUT2D eigenvalue weighted by molar-refractivity contribution is 5.33. The monoisotopic (exact) mass is 379 g/mol. The molecule has 3 N–H and O–H groups in total. The molecular formula is C23H29N3O2. The van der Waals surface area contributed by atoms with Gasteiger partial charge in [-0.15, -0.1) is 0 Å². The zero-order valence-electron chi connectivity index (χ0n) is 16.9. The van der Waals surface area contributed by atoms with Gasteiger partial charge in [0.05, 0.1) is 19.9 Å². The van der Waals surface area contributed by atoms with Crippen molar-refractivity contribution in [2.75, 3.05) is 14.2 Å². The Kier molecular flexibility index (Phi) is 7.96. The van der Waals surface area contributed by atoms with E-state index in [0.29, 0.717) is 6.42 Å². The highest BCUT2D eigenvalue weighted by Crippen LogP contribution is 2.19. The van der Waals surface area contributed by atoms with Gasteiger partial charge >= 0.3 is 0 Å². The molecule has 0 radical (unpaired) electrons. The normalized spacial score (nSPS) is 10.2. The SMILES string of the molecule is CCCc1cnc(Cc2ccc(OC)cc2)nc1Cc1ccc(OC)cc1.N. The molecule has 1 heterocycles. The molecule has 0 amide bonds. The fourth-order valence-corrected chi connectivity index (χ4v) is 3.06. The highest BCUT2D eigenvalue weighted by Gasteiger charge is 2.09. The summed E-state index contributed by atoms with van der Waals surface area (Å²) < 4.78 is 10.5. The van der Waals surface area contributed by atoms with Crippen molar-refractivity contribution >= 4 is 0 Å². The third kappa shape index (κ3) is 5.54. The van der Waals surface area contributed by atoms with Crippen LogP contribution in [0.3, 0.4) is 0 Å². The quantitative estimate of drug-likeness (QED) is 0.609. The van der Waals surface area contributed by atoms with Crippen LogP contribution < -0.4 is 15.6 Å². The van der Waals surface area contributed by atoms with E-state index in [2.05, 4.69) is 36.2 Å². The Morgan fingerprint density at radius 3 is 1.82 bits per heavy atom. The fraction of sp³-hybridized carbons (Fsp3) is 0.304. The molecule has 148 valence electrons. The largest absolute Gasteiger partial charge is 0.497 e. The van der Waals surface area contributed by atoms with Gasteiger partial charge in [-0.2, -0.15) is 0 Å². The Morgan fingerprint density at radius 2 is 1.32 bits per heavy atom. The highest BCUT2D eigenvalue weighted by atomic mass is 16.5. The molecule has 5 heteroatoms. The number of hydrogen-bond acceptors (Lipinski definition) is 5. The van der Waals surface area contributed by atoms with E-state index in [1.807, 2.05) is 30.5 Å². The van der Waals surface area contributed by atoms with E-state index in [0.717, 1.165) is 42.3 Å².